The molecular formula is C18H22O3. The Labute approximate surface area is 126 Å². The van der Waals surface area contributed by atoms with Gasteiger partial charge in [-0.05, 0) is 29.2 Å². The van der Waals surface area contributed by atoms with E-state index in [2.05, 4.69) is 26.0 Å². The van der Waals surface area contributed by atoms with Gasteiger partial charge in [0.25, 0.3) is 0 Å². The van der Waals surface area contributed by atoms with Crippen LogP contribution in [0.2, 0.25) is 0 Å². The number of benzene rings is 2. The van der Waals surface area contributed by atoms with Crippen molar-refractivity contribution in [3.63, 3.8) is 0 Å². The Bertz CT molecular complexity index is 588. The van der Waals surface area contributed by atoms with Gasteiger partial charge in [-0.1, -0.05) is 38.1 Å². The van der Waals surface area contributed by atoms with E-state index in [1.807, 2.05) is 24.3 Å². The highest BCUT2D eigenvalue weighted by Gasteiger charge is 2.16. The average molecular weight is 286 g/mol. The molecule has 0 fully saturated rings. The molecule has 0 heterocycles. The normalized spacial score (nSPS) is 12.3. The summed E-state index contributed by atoms with van der Waals surface area (Å²) in [5.74, 6) is 1.81. The third kappa shape index (κ3) is 3.37. The van der Waals surface area contributed by atoms with Crippen LogP contribution < -0.4 is 9.47 Å². The van der Waals surface area contributed by atoms with Crippen LogP contribution in [0.5, 0.6) is 11.5 Å². The molecule has 1 N–H and O–H groups in total. The number of rotatable bonds is 5. The van der Waals surface area contributed by atoms with E-state index in [-0.39, 0.29) is 0 Å². The van der Waals surface area contributed by atoms with Gasteiger partial charge in [0, 0.05) is 11.6 Å². The molecule has 21 heavy (non-hydrogen) atoms. The lowest BCUT2D eigenvalue weighted by atomic mass is 9.96. The lowest BCUT2D eigenvalue weighted by Crippen LogP contribution is -2.03. The molecule has 3 heteroatoms. The summed E-state index contributed by atoms with van der Waals surface area (Å²) >= 11 is 0. The highest BCUT2D eigenvalue weighted by Crippen LogP contribution is 2.33. The van der Waals surface area contributed by atoms with Crippen molar-refractivity contribution in [1.82, 2.24) is 0 Å². The summed E-state index contributed by atoms with van der Waals surface area (Å²) in [4.78, 5) is 0. The van der Waals surface area contributed by atoms with Gasteiger partial charge in [-0.15, -0.1) is 0 Å². The molecule has 112 valence electrons. The number of aliphatic hydroxyl groups excluding tert-OH is 1. The van der Waals surface area contributed by atoms with Gasteiger partial charge in [0.05, 0.1) is 14.2 Å². The maximum Gasteiger partial charge on any atom is 0.128 e. The molecule has 0 aromatic heterocycles. The lowest BCUT2D eigenvalue weighted by Gasteiger charge is -2.17. The van der Waals surface area contributed by atoms with E-state index in [0.29, 0.717) is 17.4 Å². The Morgan fingerprint density at radius 2 is 1.48 bits per heavy atom. The molecule has 2 aromatic carbocycles. The van der Waals surface area contributed by atoms with Crippen LogP contribution in [0.1, 0.15) is 42.6 Å². The van der Waals surface area contributed by atoms with Crippen molar-refractivity contribution in [2.45, 2.75) is 25.9 Å². The molecule has 0 bridgehead atoms. The maximum absolute atomic E-state index is 10.6. The monoisotopic (exact) mass is 286 g/mol. The Hall–Kier alpha value is -2.00. The van der Waals surface area contributed by atoms with Crippen LogP contribution in [-0.4, -0.2) is 19.3 Å². The maximum atomic E-state index is 10.6. The molecule has 2 aromatic rings. The van der Waals surface area contributed by atoms with Gasteiger partial charge in [-0.3, -0.25) is 0 Å². The quantitative estimate of drug-likeness (QED) is 0.905. The Morgan fingerprint density at radius 1 is 0.857 bits per heavy atom. The molecule has 0 amide bonds. The van der Waals surface area contributed by atoms with Gasteiger partial charge in [0.2, 0.25) is 0 Å². The number of hydrogen-bond acceptors (Lipinski definition) is 3. The summed E-state index contributed by atoms with van der Waals surface area (Å²) in [5, 5.41) is 10.6. The van der Waals surface area contributed by atoms with Gasteiger partial charge in [-0.25, -0.2) is 0 Å². The summed E-state index contributed by atoms with van der Waals surface area (Å²) in [5.41, 5.74) is 2.84. The fraction of sp³-hybridized carbons (Fsp3) is 0.333. The highest BCUT2D eigenvalue weighted by atomic mass is 16.5. The molecule has 0 saturated heterocycles. The first kappa shape index (κ1) is 15.4. The van der Waals surface area contributed by atoms with E-state index >= 15 is 0 Å². The molecule has 1 atom stereocenters. The van der Waals surface area contributed by atoms with Gasteiger partial charge in [-0.2, -0.15) is 0 Å². The summed E-state index contributed by atoms with van der Waals surface area (Å²) < 4.78 is 10.5. The first-order valence-electron chi connectivity index (χ1n) is 7.06. The smallest absolute Gasteiger partial charge is 0.128 e. The molecule has 3 nitrogen and oxygen atoms in total. The fourth-order valence-corrected chi connectivity index (χ4v) is 2.29. The minimum atomic E-state index is -0.716. The van der Waals surface area contributed by atoms with Gasteiger partial charge in [0.15, 0.2) is 0 Å². The van der Waals surface area contributed by atoms with E-state index in [1.165, 1.54) is 5.56 Å². The molecule has 0 aliphatic rings. The van der Waals surface area contributed by atoms with Crippen LogP contribution in [-0.2, 0) is 0 Å². The zero-order valence-electron chi connectivity index (χ0n) is 13.0. The van der Waals surface area contributed by atoms with E-state index < -0.39 is 6.10 Å². The SMILES string of the molecule is COc1ccc(C(O)c2ccc(C(C)C)cc2)c(OC)c1. The zero-order valence-corrected chi connectivity index (χ0v) is 13.0. The van der Waals surface area contributed by atoms with E-state index in [1.54, 1.807) is 20.3 Å². The van der Waals surface area contributed by atoms with Crippen molar-refractivity contribution in [3.05, 3.63) is 59.2 Å². The second-order valence-corrected chi connectivity index (χ2v) is 5.33. The van der Waals surface area contributed by atoms with Crippen LogP contribution in [0.3, 0.4) is 0 Å². The predicted molar refractivity (Wildman–Crippen MR) is 84.1 cm³/mol. The summed E-state index contributed by atoms with van der Waals surface area (Å²) in [6, 6.07) is 13.5. The number of methoxy groups -OCH3 is 2. The molecule has 0 aliphatic heterocycles. The Morgan fingerprint density at radius 3 is 2.00 bits per heavy atom. The lowest BCUT2D eigenvalue weighted by molar-refractivity contribution is 0.214. The van der Waals surface area contributed by atoms with Gasteiger partial charge in [0.1, 0.15) is 17.6 Å². The van der Waals surface area contributed by atoms with E-state index in [9.17, 15) is 5.11 Å². The zero-order chi connectivity index (χ0) is 15.4. The van der Waals surface area contributed by atoms with Crippen molar-refractivity contribution in [1.29, 1.82) is 0 Å². The van der Waals surface area contributed by atoms with E-state index in [0.717, 1.165) is 11.1 Å². The van der Waals surface area contributed by atoms with Crippen molar-refractivity contribution < 1.29 is 14.6 Å². The Balaban J connectivity index is 2.32. The minimum absolute atomic E-state index is 0.478. The molecule has 1 unspecified atom stereocenters. The molecule has 2 rings (SSSR count). The van der Waals surface area contributed by atoms with Gasteiger partial charge >= 0.3 is 0 Å². The van der Waals surface area contributed by atoms with Crippen LogP contribution in [0.15, 0.2) is 42.5 Å². The molecular weight excluding hydrogens is 264 g/mol. The predicted octanol–water partition coefficient (Wildman–Crippen LogP) is 3.91. The summed E-state index contributed by atoms with van der Waals surface area (Å²) in [7, 11) is 3.20. The summed E-state index contributed by atoms with van der Waals surface area (Å²) in [6.45, 7) is 4.30. The Kier molecular flexibility index (Phi) is 4.86. The number of hydrogen-bond donors (Lipinski definition) is 1. The number of aliphatic hydroxyl groups is 1. The standard InChI is InChI=1S/C18H22O3/c1-12(2)13-5-7-14(8-6-13)18(19)16-10-9-15(20-3)11-17(16)21-4/h5-12,18-19H,1-4H3. The number of ether oxygens (including phenoxy) is 2. The highest BCUT2D eigenvalue weighted by molar-refractivity contribution is 5.45. The van der Waals surface area contributed by atoms with Crippen molar-refractivity contribution >= 4 is 0 Å². The van der Waals surface area contributed by atoms with Crippen LogP contribution in [0.4, 0.5) is 0 Å². The van der Waals surface area contributed by atoms with Crippen LogP contribution in [0.25, 0.3) is 0 Å². The van der Waals surface area contributed by atoms with Crippen molar-refractivity contribution in [3.8, 4) is 11.5 Å². The minimum Gasteiger partial charge on any atom is -0.497 e. The fourth-order valence-electron chi connectivity index (χ4n) is 2.29. The van der Waals surface area contributed by atoms with Crippen LogP contribution in [0, 0.1) is 0 Å². The first-order chi connectivity index (χ1) is 10.1. The van der Waals surface area contributed by atoms with E-state index in [4.69, 9.17) is 9.47 Å². The first-order valence-corrected chi connectivity index (χ1v) is 7.06. The second-order valence-electron chi connectivity index (χ2n) is 5.33. The molecule has 0 aliphatic carbocycles. The third-order valence-electron chi connectivity index (χ3n) is 3.65. The topological polar surface area (TPSA) is 38.7 Å². The van der Waals surface area contributed by atoms with Crippen molar-refractivity contribution in [2.24, 2.45) is 0 Å². The largest absolute Gasteiger partial charge is 0.497 e. The van der Waals surface area contributed by atoms with Gasteiger partial charge < -0.3 is 14.6 Å². The molecule has 0 spiro atoms. The van der Waals surface area contributed by atoms with Crippen LogP contribution >= 0.6 is 0 Å². The molecule has 0 saturated carbocycles. The summed E-state index contributed by atoms with van der Waals surface area (Å²) in [6.07, 6.45) is -0.716. The molecule has 0 radical (unpaired) electrons. The van der Waals surface area contributed by atoms with Crippen molar-refractivity contribution in [2.75, 3.05) is 14.2 Å². The third-order valence-corrected chi connectivity index (χ3v) is 3.65. The second kappa shape index (κ2) is 6.64. The average Bonchev–Trinajstić information content (AvgIpc) is 2.53.